The summed E-state index contributed by atoms with van der Waals surface area (Å²) >= 11 is 0. The van der Waals surface area contributed by atoms with Crippen LogP contribution in [0.3, 0.4) is 0 Å². The minimum Gasteiger partial charge on any atom is -0.491 e. The first-order chi connectivity index (χ1) is 16.6. The van der Waals surface area contributed by atoms with Crippen molar-refractivity contribution < 1.29 is 14.6 Å². The number of aliphatic hydroxyl groups is 1. The quantitative estimate of drug-likeness (QED) is 0.503. The molecule has 2 saturated heterocycles. The maximum Gasteiger partial charge on any atom is 0.164 e. The zero-order valence-electron chi connectivity index (χ0n) is 20.6. The molecule has 1 unspecified atom stereocenters. The summed E-state index contributed by atoms with van der Waals surface area (Å²) in [7, 11) is 3.95. The lowest BCUT2D eigenvalue weighted by molar-refractivity contribution is 0.0853. The van der Waals surface area contributed by atoms with Gasteiger partial charge in [0, 0.05) is 70.2 Å². The molecule has 2 aromatic rings. The summed E-state index contributed by atoms with van der Waals surface area (Å²) in [5, 5.41) is 16.4. The summed E-state index contributed by atoms with van der Waals surface area (Å²) in [5.41, 5.74) is 2.01. The summed E-state index contributed by atoms with van der Waals surface area (Å²) in [6.45, 7) is 8.15. The number of hydrogen-bond donors (Lipinski definition) is 3. The number of rotatable bonds is 9. The van der Waals surface area contributed by atoms with Gasteiger partial charge >= 0.3 is 0 Å². The molecule has 1 aromatic carbocycles. The highest BCUT2D eigenvalue weighted by atomic mass is 16.5. The van der Waals surface area contributed by atoms with Crippen molar-refractivity contribution in [3.63, 3.8) is 0 Å². The Hall–Kier alpha value is -2.46. The largest absolute Gasteiger partial charge is 0.491 e. The predicted octanol–water partition coefficient (Wildman–Crippen LogP) is 1.44. The van der Waals surface area contributed by atoms with Crippen LogP contribution in [0.2, 0.25) is 0 Å². The van der Waals surface area contributed by atoms with Crippen molar-refractivity contribution in [2.75, 3.05) is 76.4 Å². The molecule has 0 bridgehead atoms. The van der Waals surface area contributed by atoms with E-state index in [2.05, 4.69) is 34.4 Å². The second kappa shape index (κ2) is 11.8. The molecule has 4 rings (SSSR count). The third kappa shape index (κ3) is 5.96. The van der Waals surface area contributed by atoms with Crippen molar-refractivity contribution in [1.82, 2.24) is 20.6 Å². The number of aromatic nitrogens is 2. The Morgan fingerprint density at radius 2 is 2.03 bits per heavy atom. The van der Waals surface area contributed by atoms with Gasteiger partial charge in [0.15, 0.2) is 5.82 Å². The average molecular weight is 471 g/mol. The molecule has 2 fully saturated rings. The molecule has 0 radical (unpaired) electrons. The molecule has 0 saturated carbocycles. The fourth-order valence-electron chi connectivity index (χ4n) is 4.61. The molecule has 1 atom stereocenters. The van der Waals surface area contributed by atoms with Crippen molar-refractivity contribution in [3.05, 3.63) is 29.8 Å². The van der Waals surface area contributed by atoms with E-state index < -0.39 is 6.10 Å². The Morgan fingerprint density at radius 1 is 1.26 bits per heavy atom. The van der Waals surface area contributed by atoms with Gasteiger partial charge in [-0.05, 0) is 38.9 Å². The molecule has 186 valence electrons. The summed E-state index contributed by atoms with van der Waals surface area (Å²) in [6, 6.07) is 8.22. The monoisotopic (exact) mass is 470 g/mol. The molecule has 0 aliphatic carbocycles. The van der Waals surface area contributed by atoms with Crippen LogP contribution >= 0.6 is 0 Å². The van der Waals surface area contributed by atoms with E-state index >= 15 is 0 Å². The van der Waals surface area contributed by atoms with Crippen LogP contribution in [0.25, 0.3) is 11.4 Å². The Bertz CT molecular complexity index is 931. The van der Waals surface area contributed by atoms with Crippen molar-refractivity contribution in [1.29, 1.82) is 0 Å². The highest BCUT2D eigenvalue weighted by molar-refractivity contribution is 5.68. The second-order valence-electron chi connectivity index (χ2n) is 9.06. The molecular formula is C25H38N6O3. The fourth-order valence-corrected chi connectivity index (χ4v) is 4.61. The van der Waals surface area contributed by atoms with Gasteiger partial charge in [-0.25, -0.2) is 9.97 Å². The van der Waals surface area contributed by atoms with Gasteiger partial charge in [-0.3, -0.25) is 0 Å². The SMILES string of the molecule is CNCC(O)COc1cccc(-c2nc(N3CCNCC3)c(C)c(N(C)C3CCOCC3)n2)c1. The van der Waals surface area contributed by atoms with Crippen LogP contribution < -0.4 is 25.2 Å². The van der Waals surface area contributed by atoms with Gasteiger partial charge in [0.2, 0.25) is 0 Å². The van der Waals surface area contributed by atoms with Crippen molar-refractivity contribution in [2.45, 2.75) is 31.9 Å². The number of likely N-dealkylation sites (N-methyl/N-ethyl adjacent to an activating group) is 1. The highest BCUT2D eigenvalue weighted by Gasteiger charge is 2.25. The Kier molecular flexibility index (Phi) is 8.55. The van der Waals surface area contributed by atoms with Crippen LogP contribution in [-0.4, -0.2) is 93.9 Å². The first-order valence-corrected chi connectivity index (χ1v) is 12.3. The molecule has 2 aliphatic rings. The molecular weight excluding hydrogens is 432 g/mol. The molecule has 0 spiro atoms. The normalized spacial score (nSPS) is 18.1. The number of ether oxygens (including phenoxy) is 2. The van der Waals surface area contributed by atoms with Crippen molar-refractivity contribution in [2.24, 2.45) is 0 Å². The van der Waals surface area contributed by atoms with E-state index in [-0.39, 0.29) is 6.61 Å². The lowest BCUT2D eigenvalue weighted by atomic mass is 10.1. The zero-order chi connectivity index (χ0) is 23.9. The Labute approximate surface area is 202 Å². The lowest BCUT2D eigenvalue weighted by Crippen LogP contribution is -2.44. The van der Waals surface area contributed by atoms with E-state index in [9.17, 15) is 5.11 Å². The third-order valence-corrected chi connectivity index (χ3v) is 6.56. The van der Waals surface area contributed by atoms with E-state index in [0.29, 0.717) is 24.2 Å². The summed E-state index contributed by atoms with van der Waals surface area (Å²) < 4.78 is 11.4. The number of nitrogens with one attached hydrogen (secondary N) is 2. The van der Waals surface area contributed by atoms with E-state index in [1.165, 1.54) is 0 Å². The van der Waals surface area contributed by atoms with Gasteiger partial charge in [-0.2, -0.15) is 0 Å². The number of hydrogen-bond acceptors (Lipinski definition) is 9. The minimum atomic E-state index is -0.566. The molecule has 34 heavy (non-hydrogen) atoms. The first kappa shape index (κ1) is 24.7. The summed E-state index contributed by atoms with van der Waals surface area (Å²) in [6.07, 6.45) is 1.43. The Morgan fingerprint density at radius 3 is 2.76 bits per heavy atom. The van der Waals surface area contributed by atoms with Crippen molar-refractivity contribution >= 4 is 11.6 Å². The molecule has 2 aliphatic heterocycles. The number of piperazine rings is 1. The molecule has 3 N–H and O–H groups in total. The minimum absolute atomic E-state index is 0.225. The summed E-state index contributed by atoms with van der Waals surface area (Å²) in [5.74, 6) is 3.35. The average Bonchev–Trinajstić information content (AvgIpc) is 2.88. The van der Waals surface area contributed by atoms with Gasteiger partial charge in [-0.15, -0.1) is 0 Å². The second-order valence-corrected chi connectivity index (χ2v) is 9.06. The van der Waals surface area contributed by atoms with Crippen LogP contribution in [0, 0.1) is 6.92 Å². The van der Waals surface area contributed by atoms with Gasteiger partial charge in [0.05, 0.1) is 0 Å². The topological polar surface area (TPSA) is 95.0 Å². The fraction of sp³-hybridized carbons (Fsp3) is 0.600. The van der Waals surface area contributed by atoms with E-state index in [1.807, 2.05) is 31.3 Å². The van der Waals surface area contributed by atoms with Gasteiger partial charge < -0.3 is 35.0 Å². The van der Waals surface area contributed by atoms with E-state index in [1.54, 1.807) is 0 Å². The van der Waals surface area contributed by atoms with Crippen molar-refractivity contribution in [3.8, 4) is 17.1 Å². The molecule has 3 heterocycles. The summed E-state index contributed by atoms with van der Waals surface area (Å²) in [4.78, 5) is 14.8. The number of anilines is 2. The van der Waals surface area contributed by atoms with Crippen LogP contribution in [0.15, 0.2) is 24.3 Å². The standard InChI is InChI=1S/C25H38N6O3/c1-18-24(30(3)20-7-13-33-14-8-20)28-23(29-25(18)31-11-9-27-10-12-31)19-5-4-6-22(15-19)34-17-21(32)16-26-2/h4-6,15,20-21,26-27,32H,7-14,16-17H2,1-3H3. The van der Waals surface area contributed by atoms with Crippen LogP contribution in [-0.2, 0) is 4.74 Å². The van der Waals surface area contributed by atoms with Crippen LogP contribution in [0.1, 0.15) is 18.4 Å². The first-order valence-electron chi connectivity index (χ1n) is 12.3. The molecule has 9 nitrogen and oxygen atoms in total. The van der Waals surface area contributed by atoms with Crippen LogP contribution in [0.4, 0.5) is 11.6 Å². The smallest absolute Gasteiger partial charge is 0.164 e. The van der Waals surface area contributed by atoms with Crippen LogP contribution in [0.5, 0.6) is 5.75 Å². The van der Waals surface area contributed by atoms with Gasteiger partial charge in [-0.1, -0.05) is 12.1 Å². The number of nitrogens with zero attached hydrogens (tertiary/aromatic N) is 4. The maximum absolute atomic E-state index is 9.99. The molecule has 1 aromatic heterocycles. The molecule has 0 amide bonds. The number of benzene rings is 1. The van der Waals surface area contributed by atoms with E-state index in [4.69, 9.17) is 19.4 Å². The number of aliphatic hydroxyl groups excluding tert-OH is 1. The maximum atomic E-state index is 9.99. The third-order valence-electron chi connectivity index (χ3n) is 6.56. The van der Waals surface area contributed by atoms with Gasteiger partial charge in [0.25, 0.3) is 0 Å². The molecule has 9 heteroatoms. The Balaban J connectivity index is 1.66. The predicted molar refractivity (Wildman–Crippen MR) is 135 cm³/mol. The van der Waals surface area contributed by atoms with E-state index in [0.717, 1.165) is 75.0 Å². The highest BCUT2D eigenvalue weighted by Crippen LogP contribution is 2.32. The van der Waals surface area contributed by atoms with Gasteiger partial charge in [0.1, 0.15) is 30.1 Å². The lowest BCUT2D eigenvalue weighted by Gasteiger charge is -2.35. The zero-order valence-corrected chi connectivity index (χ0v) is 20.6.